The van der Waals surface area contributed by atoms with Crippen molar-refractivity contribution >= 4 is 17.6 Å². The molecule has 1 unspecified atom stereocenters. The van der Waals surface area contributed by atoms with Gasteiger partial charge in [-0.2, -0.15) is 0 Å². The molecule has 4 rings (SSSR count). The Labute approximate surface area is 157 Å². The van der Waals surface area contributed by atoms with Crippen LogP contribution < -0.4 is 10.1 Å². The van der Waals surface area contributed by atoms with Crippen LogP contribution in [0.15, 0.2) is 48.5 Å². The number of nitrogens with one attached hydrogen (secondary N) is 1. The van der Waals surface area contributed by atoms with Gasteiger partial charge >= 0.3 is 5.97 Å². The van der Waals surface area contributed by atoms with Crippen LogP contribution in [0.4, 0.5) is 5.69 Å². The van der Waals surface area contributed by atoms with Crippen LogP contribution >= 0.6 is 0 Å². The first-order valence-corrected chi connectivity index (χ1v) is 9.14. The number of para-hydroxylation sites is 2. The molecule has 2 aromatic carbocycles. The van der Waals surface area contributed by atoms with Gasteiger partial charge < -0.3 is 15.2 Å². The van der Waals surface area contributed by atoms with Crippen molar-refractivity contribution in [2.75, 3.05) is 25.0 Å². The van der Waals surface area contributed by atoms with E-state index in [2.05, 4.69) is 10.2 Å². The molecule has 2 aromatic rings. The Bertz CT molecular complexity index is 882. The number of carbonyl (C=O) groups is 2. The summed E-state index contributed by atoms with van der Waals surface area (Å²) < 4.78 is 5.43. The van der Waals surface area contributed by atoms with Gasteiger partial charge in [-0.25, -0.2) is 4.79 Å². The Morgan fingerprint density at radius 1 is 1.19 bits per heavy atom. The number of carbonyl (C=O) groups excluding carboxylic acids is 1. The predicted octanol–water partition coefficient (Wildman–Crippen LogP) is 2.64. The number of carboxylic acid groups (broad SMARTS) is 1. The maximum absolute atomic E-state index is 12.8. The minimum atomic E-state index is -0.999. The third-order valence-corrected chi connectivity index (χ3v) is 5.41. The second kappa shape index (κ2) is 7.04. The molecular formula is C21H22N2O4. The number of anilines is 1. The van der Waals surface area contributed by atoms with Crippen LogP contribution in [0.25, 0.3) is 0 Å². The van der Waals surface area contributed by atoms with Crippen LogP contribution in [0, 0.1) is 0 Å². The van der Waals surface area contributed by atoms with Gasteiger partial charge in [-0.1, -0.05) is 36.4 Å². The molecule has 2 heterocycles. The second-order valence-corrected chi connectivity index (χ2v) is 7.19. The van der Waals surface area contributed by atoms with E-state index in [4.69, 9.17) is 9.84 Å². The molecule has 2 N–H and O–H groups in total. The number of rotatable bonds is 5. The minimum Gasteiger partial charge on any atom is -0.482 e. The van der Waals surface area contributed by atoms with E-state index < -0.39 is 11.4 Å². The summed E-state index contributed by atoms with van der Waals surface area (Å²) in [6.07, 6.45) is 1.77. The molecule has 2 aliphatic rings. The summed E-state index contributed by atoms with van der Waals surface area (Å²) in [6.45, 7) is 1.79. The van der Waals surface area contributed by atoms with Crippen molar-refractivity contribution in [3.8, 4) is 5.75 Å². The standard InChI is InChI=1S/C21H22N2O4/c24-19(25)13-27-18-9-4-1-6-15(18)12-23-11-5-10-21(14-23)16-7-2-3-8-17(16)22-20(21)26/h1-4,6-9H,5,10-14H2,(H,22,26)(H,24,25). The van der Waals surface area contributed by atoms with Gasteiger partial charge in [-0.3, -0.25) is 9.69 Å². The maximum Gasteiger partial charge on any atom is 0.341 e. The van der Waals surface area contributed by atoms with E-state index in [1.807, 2.05) is 42.5 Å². The number of ether oxygens (including phenoxy) is 1. The molecule has 140 valence electrons. The lowest BCUT2D eigenvalue weighted by Gasteiger charge is -2.39. The summed E-state index contributed by atoms with van der Waals surface area (Å²) in [5.74, 6) is -0.347. The summed E-state index contributed by atoms with van der Waals surface area (Å²) in [5.41, 5.74) is 2.42. The topological polar surface area (TPSA) is 78.9 Å². The largest absolute Gasteiger partial charge is 0.482 e. The number of nitrogens with zero attached hydrogens (tertiary/aromatic N) is 1. The lowest BCUT2D eigenvalue weighted by Crippen LogP contribution is -2.49. The third-order valence-electron chi connectivity index (χ3n) is 5.41. The van der Waals surface area contributed by atoms with Crippen molar-refractivity contribution in [1.82, 2.24) is 4.90 Å². The number of aliphatic carboxylic acids is 1. The number of piperidine rings is 1. The fraction of sp³-hybridized carbons (Fsp3) is 0.333. The summed E-state index contributed by atoms with van der Waals surface area (Å²) in [4.78, 5) is 25.9. The highest BCUT2D eigenvalue weighted by atomic mass is 16.5. The summed E-state index contributed by atoms with van der Waals surface area (Å²) in [7, 11) is 0. The van der Waals surface area contributed by atoms with E-state index >= 15 is 0 Å². The summed E-state index contributed by atoms with van der Waals surface area (Å²) in [5, 5.41) is 11.9. The van der Waals surface area contributed by atoms with Gasteiger partial charge in [0.25, 0.3) is 0 Å². The number of fused-ring (bicyclic) bond motifs is 2. The van der Waals surface area contributed by atoms with Crippen LogP contribution in [0.3, 0.4) is 0 Å². The minimum absolute atomic E-state index is 0.0730. The van der Waals surface area contributed by atoms with E-state index in [1.165, 1.54) is 0 Å². The molecule has 0 bridgehead atoms. The molecule has 6 heteroatoms. The predicted molar refractivity (Wildman–Crippen MR) is 101 cm³/mol. The van der Waals surface area contributed by atoms with Crippen molar-refractivity contribution in [3.63, 3.8) is 0 Å². The monoisotopic (exact) mass is 366 g/mol. The lowest BCUT2D eigenvalue weighted by molar-refractivity contribution is -0.139. The Hall–Kier alpha value is -2.86. The van der Waals surface area contributed by atoms with Crippen molar-refractivity contribution in [2.24, 2.45) is 0 Å². The van der Waals surface area contributed by atoms with E-state index in [-0.39, 0.29) is 12.5 Å². The average Bonchev–Trinajstić information content (AvgIpc) is 2.93. The quantitative estimate of drug-likeness (QED) is 0.850. The second-order valence-electron chi connectivity index (χ2n) is 7.19. The third kappa shape index (κ3) is 3.28. The SMILES string of the molecule is O=C(O)COc1ccccc1CN1CCCC2(C1)C(=O)Nc1ccccc12. The van der Waals surface area contributed by atoms with Crippen molar-refractivity contribution < 1.29 is 19.4 Å². The van der Waals surface area contributed by atoms with Gasteiger partial charge in [0.15, 0.2) is 6.61 Å². The van der Waals surface area contributed by atoms with E-state index in [1.54, 1.807) is 6.07 Å². The molecule has 1 atom stereocenters. The zero-order chi connectivity index (χ0) is 18.9. The first-order valence-electron chi connectivity index (χ1n) is 9.14. The first kappa shape index (κ1) is 17.5. The zero-order valence-electron chi connectivity index (χ0n) is 15.0. The molecule has 27 heavy (non-hydrogen) atoms. The molecule has 2 aliphatic heterocycles. The van der Waals surface area contributed by atoms with Gasteiger partial charge in [0.2, 0.25) is 5.91 Å². The van der Waals surface area contributed by atoms with Gasteiger partial charge in [-0.05, 0) is 37.1 Å². The smallest absolute Gasteiger partial charge is 0.341 e. The van der Waals surface area contributed by atoms with Gasteiger partial charge in [-0.15, -0.1) is 0 Å². The van der Waals surface area contributed by atoms with E-state index in [0.717, 1.165) is 36.2 Å². The maximum atomic E-state index is 12.8. The van der Waals surface area contributed by atoms with Crippen LogP contribution in [-0.2, 0) is 21.5 Å². The molecule has 0 aromatic heterocycles. The summed E-state index contributed by atoms with van der Waals surface area (Å²) >= 11 is 0. The highest BCUT2D eigenvalue weighted by Gasteiger charge is 2.48. The van der Waals surface area contributed by atoms with Crippen molar-refractivity contribution in [2.45, 2.75) is 24.8 Å². The van der Waals surface area contributed by atoms with Crippen molar-refractivity contribution in [3.05, 3.63) is 59.7 Å². The number of amides is 1. The van der Waals surface area contributed by atoms with Crippen LogP contribution in [0.2, 0.25) is 0 Å². The molecule has 1 fully saturated rings. The zero-order valence-corrected chi connectivity index (χ0v) is 15.0. The fourth-order valence-corrected chi connectivity index (χ4v) is 4.21. The van der Waals surface area contributed by atoms with E-state index in [0.29, 0.717) is 18.8 Å². The molecule has 1 saturated heterocycles. The summed E-state index contributed by atoms with van der Waals surface area (Å²) in [6, 6.07) is 15.4. The Morgan fingerprint density at radius 2 is 1.96 bits per heavy atom. The number of hydrogen-bond donors (Lipinski definition) is 2. The Kier molecular flexibility index (Phi) is 4.58. The Morgan fingerprint density at radius 3 is 2.81 bits per heavy atom. The van der Waals surface area contributed by atoms with Gasteiger partial charge in [0.1, 0.15) is 5.75 Å². The highest BCUT2D eigenvalue weighted by molar-refractivity contribution is 6.06. The number of carboxylic acids is 1. The normalized spacial score (nSPS) is 21.7. The lowest BCUT2D eigenvalue weighted by atomic mass is 9.75. The highest BCUT2D eigenvalue weighted by Crippen LogP contribution is 2.44. The molecule has 0 saturated carbocycles. The number of benzene rings is 2. The Balaban J connectivity index is 1.55. The first-order chi connectivity index (χ1) is 13.1. The molecule has 1 spiro atoms. The van der Waals surface area contributed by atoms with Crippen molar-refractivity contribution in [1.29, 1.82) is 0 Å². The van der Waals surface area contributed by atoms with Crippen LogP contribution in [-0.4, -0.2) is 41.6 Å². The average molecular weight is 366 g/mol. The van der Waals surface area contributed by atoms with Crippen LogP contribution in [0.1, 0.15) is 24.0 Å². The molecule has 0 radical (unpaired) electrons. The molecule has 6 nitrogen and oxygen atoms in total. The van der Waals surface area contributed by atoms with E-state index in [9.17, 15) is 9.59 Å². The number of likely N-dealkylation sites (tertiary alicyclic amines) is 1. The molecular weight excluding hydrogens is 344 g/mol. The molecule has 0 aliphatic carbocycles. The number of hydrogen-bond acceptors (Lipinski definition) is 4. The molecule has 1 amide bonds. The van der Waals surface area contributed by atoms with Gasteiger partial charge in [0, 0.05) is 24.3 Å². The van der Waals surface area contributed by atoms with Gasteiger partial charge in [0.05, 0.1) is 5.41 Å². The van der Waals surface area contributed by atoms with Crippen LogP contribution in [0.5, 0.6) is 5.75 Å². The fourth-order valence-electron chi connectivity index (χ4n) is 4.21.